The van der Waals surface area contributed by atoms with Crippen LogP contribution in [0.3, 0.4) is 0 Å². The van der Waals surface area contributed by atoms with Crippen molar-refractivity contribution in [3.05, 3.63) is 144 Å². The van der Waals surface area contributed by atoms with Gasteiger partial charge in [0.05, 0.1) is 23.3 Å². The second kappa shape index (κ2) is 14.4. The number of carbonyl (C=O) groups is 3. The fourth-order valence-corrected chi connectivity index (χ4v) is 4.60. The lowest BCUT2D eigenvalue weighted by Gasteiger charge is -2.43. The topological polar surface area (TPSA) is 118 Å². The van der Waals surface area contributed by atoms with Crippen molar-refractivity contribution in [3.63, 3.8) is 0 Å². The Bertz CT molecular complexity index is 1480. The van der Waals surface area contributed by atoms with Gasteiger partial charge >= 0.3 is 17.9 Å². The molecule has 220 valence electrons. The molecule has 0 unspecified atom stereocenters. The first kappa shape index (κ1) is 29.7. The Morgan fingerprint density at radius 2 is 1.02 bits per heavy atom. The molecule has 0 spiro atoms. The number of rotatable bonds is 10. The molecule has 0 amide bonds. The molecule has 4 aromatic rings. The lowest BCUT2D eigenvalue weighted by Crippen LogP contribution is -2.62. The number of esters is 3. The maximum atomic E-state index is 13.3. The van der Waals surface area contributed by atoms with Crippen LogP contribution in [0.5, 0.6) is 0 Å². The Hall–Kier alpha value is -4.83. The molecule has 1 fully saturated rings. The standard InChI is InChI=1S/C34H30O9/c35-31(24-15-7-2-8-16-24)40-22-27-28(42-32(36)25-17-9-3-10-18-25)29(39-21-23-13-5-1-6-14-23)30(34(38)41-27)43-33(37)26-19-11-4-12-20-26/h1-20,27-30,34,38H,21-22H2/t27-,28-,29+,30+,34+/m1/s1. The summed E-state index contributed by atoms with van der Waals surface area (Å²) >= 11 is 0. The Balaban J connectivity index is 1.44. The summed E-state index contributed by atoms with van der Waals surface area (Å²) in [6.07, 6.45) is -6.71. The minimum absolute atomic E-state index is 0.0352. The van der Waals surface area contributed by atoms with Crippen molar-refractivity contribution >= 4 is 17.9 Å². The molecule has 1 aliphatic rings. The van der Waals surface area contributed by atoms with E-state index in [2.05, 4.69) is 0 Å². The number of aliphatic hydroxyl groups is 1. The third kappa shape index (κ3) is 7.72. The number of hydrogen-bond acceptors (Lipinski definition) is 9. The van der Waals surface area contributed by atoms with Gasteiger partial charge in [0.1, 0.15) is 18.8 Å². The van der Waals surface area contributed by atoms with Crippen LogP contribution in [0.1, 0.15) is 36.6 Å². The average Bonchev–Trinajstić information content (AvgIpc) is 3.06. The summed E-state index contributed by atoms with van der Waals surface area (Å²) in [5.41, 5.74) is 1.60. The van der Waals surface area contributed by atoms with Crippen LogP contribution in [0.15, 0.2) is 121 Å². The molecule has 9 nitrogen and oxygen atoms in total. The smallest absolute Gasteiger partial charge is 0.338 e. The van der Waals surface area contributed by atoms with Crippen LogP contribution < -0.4 is 0 Å². The highest BCUT2D eigenvalue weighted by atomic mass is 16.7. The molecular weight excluding hydrogens is 552 g/mol. The van der Waals surface area contributed by atoms with E-state index >= 15 is 0 Å². The zero-order valence-corrected chi connectivity index (χ0v) is 23.1. The fraction of sp³-hybridized carbons (Fsp3) is 0.206. The number of hydrogen-bond donors (Lipinski definition) is 1. The Morgan fingerprint density at radius 1 is 0.581 bits per heavy atom. The normalized spacial score (nSPS) is 21.4. The van der Waals surface area contributed by atoms with E-state index in [9.17, 15) is 19.5 Å². The Kier molecular flexibility index (Phi) is 9.91. The van der Waals surface area contributed by atoms with Crippen LogP contribution in [-0.2, 0) is 30.3 Å². The van der Waals surface area contributed by atoms with E-state index in [-0.39, 0.29) is 24.3 Å². The summed E-state index contributed by atoms with van der Waals surface area (Å²) in [7, 11) is 0. The van der Waals surface area contributed by atoms with E-state index in [1.807, 2.05) is 30.3 Å². The highest BCUT2D eigenvalue weighted by Gasteiger charge is 2.51. The maximum absolute atomic E-state index is 13.3. The predicted octanol–water partition coefficient (Wildman–Crippen LogP) is 4.60. The molecule has 0 bridgehead atoms. The van der Waals surface area contributed by atoms with Crippen molar-refractivity contribution < 1.29 is 43.2 Å². The lowest BCUT2D eigenvalue weighted by atomic mass is 9.97. The van der Waals surface area contributed by atoms with E-state index in [0.717, 1.165) is 5.56 Å². The molecule has 5 atom stereocenters. The van der Waals surface area contributed by atoms with Crippen molar-refractivity contribution in [2.45, 2.75) is 37.3 Å². The highest BCUT2D eigenvalue weighted by molar-refractivity contribution is 5.90. The number of benzene rings is 4. The first-order valence-corrected chi connectivity index (χ1v) is 13.7. The quantitative estimate of drug-likeness (QED) is 0.212. The van der Waals surface area contributed by atoms with E-state index in [1.165, 1.54) is 0 Å². The molecule has 4 aromatic carbocycles. The van der Waals surface area contributed by atoms with E-state index < -0.39 is 48.6 Å². The summed E-state index contributed by atoms with van der Waals surface area (Å²) < 4.78 is 29.1. The summed E-state index contributed by atoms with van der Waals surface area (Å²) in [5.74, 6) is -2.07. The van der Waals surface area contributed by atoms with Crippen LogP contribution in [0.25, 0.3) is 0 Å². The van der Waals surface area contributed by atoms with Gasteiger partial charge < -0.3 is 28.8 Å². The molecule has 1 heterocycles. The number of ether oxygens (including phenoxy) is 5. The molecule has 0 aliphatic carbocycles. The molecular formula is C34H30O9. The van der Waals surface area contributed by atoms with Crippen LogP contribution in [0.4, 0.5) is 0 Å². The van der Waals surface area contributed by atoms with Crippen molar-refractivity contribution in [1.82, 2.24) is 0 Å². The molecule has 0 radical (unpaired) electrons. The third-order valence-corrected chi connectivity index (χ3v) is 6.79. The van der Waals surface area contributed by atoms with Crippen molar-refractivity contribution in [2.75, 3.05) is 6.61 Å². The molecule has 9 heteroatoms. The first-order chi connectivity index (χ1) is 21.0. The fourth-order valence-electron chi connectivity index (χ4n) is 4.60. The van der Waals surface area contributed by atoms with Gasteiger partial charge in [0.15, 0.2) is 18.5 Å². The first-order valence-electron chi connectivity index (χ1n) is 13.7. The van der Waals surface area contributed by atoms with Crippen molar-refractivity contribution in [2.24, 2.45) is 0 Å². The average molecular weight is 583 g/mol. The van der Waals surface area contributed by atoms with Gasteiger partial charge in [-0.25, -0.2) is 14.4 Å². The second-order valence-corrected chi connectivity index (χ2v) is 9.76. The van der Waals surface area contributed by atoms with Crippen LogP contribution in [0.2, 0.25) is 0 Å². The van der Waals surface area contributed by atoms with E-state index in [0.29, 0.717) is 5.56 Å². The van der Waals surface area contributed by atoms with Crippen LogP contribution in [-0.4, -0.2) is 60.3 Å². The van der Waals surface area contributed by atoms with Gasteiger partial charge in [-0.1, -0.05) is 84.9 Å². The summed E-state index contributed by atoms with van der Waals surface area (Å²) in [5, 5.41) is 11.1. The van der Waals surface area contributed by atoms with Gasteiger partial charge in [-0.15, -0.1) is 0 Å². The minimum atomic E-state index is -1.69. The van der Waals surface area contributed by atoms with Gasteiger partial charge in [0.25, 0.3) is 0 Å². The minimum Gasteiger partial charge on any atom is -0.459 e. The van der Waals surface area contributed by atoms with Crippen LogP contribution in [0, 0.1) is 0 Å². The SMILES string of the molecule is O=C(OC[C@H]1O[C@H](O)[C@@H](OC(=O)c2ccccc2)[C@@H](OCc2ccccc2)[C@@H]1OC(=O)c1ccccc1)c1ccccc1. The number of carbonyl (C=O) groups excluding carboxylic acids is 3. The van der Waals surface area contributed by atoms with Crippen molar-refractivity contribution in [3.8, 4) is 0 Å². The molecule has 0 saturated carbocycles. The second-order valence-electron chi connectivity index (χ2n) is 9.76. The van der Waals surface area contributed by atoms with E-state index in [1.54, 1.807) is 91.0 Å². The van der Waals surface area contributed by atoms with Gasteiger partial charge in [-0.3, -0.25) is 0 Å². The number of aliphatic hydroxyl groups excluding tert-OH is 1. The molecule has 43 heavy (non-hydrogen) atoms. The Labute approximate surface area is 248 Å². The monoisotopic (exact) mass is 582 g/mol. The predicted molar refractivity (Wildman–Crippen MR) is 154 cm³/mol. The maximum Gasteiger partial charge on any atom is 0.338 e. The third-order valence-electron chi connectivity index (χ3n) is 6.79. The Morgan fingerprint density at radius 3 is 1.53 bits per heavy atom. The van der Waals surface area contributed by atoms with Gasteiger partial charge in [-0.2, -0.15) is 0 Å². The molecule has 5 rings (SSSR count). The van der Waals surface area contributed by atoms with Gasteiger partial charge in [0.2, 0.25) is 0 Å². The van der Waals surface area contributed by atoms with Crippen LogP contribution >= 0.6 is 0 Å². The van der Waals surface area contributed by atoms with Gasteiger partial charge in [0, 0.05) is 0 Å². The summed E-state index contributed by atoms with van der Waals surface area (Å²) in [4.78, 5) is 39.0. The van der Waals surface area contributed by atoms with Gasteiger partial charge in [-0.05, 0) is 42.0 Å². The summed E-state index contributed by atoms with van der Waals surface area (Å²) in [6.45, 7) is -0.352. The lowest BCUT2D eigenvalue weighted by molar-refractivity contribution is -0.294. The molecule has 1 saturated heterocycles. The molecule has 1 aliphatic heterocycles. The van der Waals surface area contributed by atoms with E-state index in [4.69, 9.17) is 23.7 Å². The largest absolute Gasteiger partial charge is 0.459 e. The molecule has 1 N–H and O–H groups in total. The zero-order valence-electron chi connectivity index (χ0n) is 23.1. The summed E-state index contributed by atoms with van der Waals surface area (Å²) in [6, 6.07) is 34.1. The molecule has 0 aromatic heterocycles. The zero-order chi connectivity index (χ0) is 30.0. The van der Waals surface area contributed by atoms with Crippen molar-refractivity contribution in [1.29, 1.82) is 0 Å². The highest BCUT2D eigenvalue weighted by Crippen LogP contribution is 2.30.